The number of hydrogen-bond acceptors (Lipinski definition) is 8. The molecule has 0 aromatic heterocycles. The van der Waals surface area contributed by atoms with Crippen LogP contribution in [0.4, 0.5) is 15.3 Å². The van der Waals surface area contributed by atoms with Gasteiger partial charge in [0.15, 0.2) is 0 Å². The maximum absolute atomic E-state index is 12.4. The van der Waals surface area contributed by atoms with E-state index in [0.29, 0.717) is 18.6 Å². The summed E-state index contributed by atoms with van der Waals surface area (Å²) in [5.74, 6) is 0.626. The second-order valence-electron chi connectivity index (χ2n) is 13.6. The molecule has 1 aromatic carbocycles. The van der Waals surface area contributed by atoms with E-state index in [9.17, 15) is 24.8 Å². The fourth-order valence-corrected chi connectivity index (χ4v) is 6.44. The zero-order valence-electron chi connectivity index (χ0n) is 25.1. The van der Waals surface area contributed by atoms with Crippen LogP contribution in [0.1, 0.15) is 92.9 Å². The molecule has 4 saturated heterocycles. The van der Waals surface area contributed by atoms with Gasteiger partial charge in [0.2, 0.25) is 0 Å². The summed E-state index contributed by atoms with van der Waals surface area (Å²) in [6.45, 7) is 11.3. The first kappa shape index (κ1) is 30.9. The number of rotatable bonds is 3. The molecule has 4 aliphatic heterocycles. The minimum absolute atomic E-state index is 0.0117. The number of ether oxygens (including phenoxy) is 3. The Balaban J connectivity index is 0.000000208. The second kappa shape index (κ2) is 12.0. The first-order valence-corrected chi connectivity index (χ1v) is 14.7. The number of nitrogens with zero attached hydrogens (tertiary/aromatic N) is 3. The van der Waals surface area contributed by atoms with E-state index in [-0.39, 0.29) is 54.2 Å². The molecule has 4 bridgehead atoms. The van der Waals surface area contributed by atoms with Gasteiger partial charge in [-0.15, -0.1) is 0 Å². The fourth-order valence-electron chi connectivity index (χ4n) is 6.44. The van der Waals surface area contributed by atoms with Gasteiger partial charge in [-0.2, -0.15) is 0 Å². The average Bonchev–Trinajstić information content (AvgIpc) is 3.28. The molecule has 41 heavy (non-hydrogen) atoms. The smallest absolute Gasteiger partial charge is 0.410 e. The van der Waals surface area contributed by atoms with E-state index in [1.165, 1.54) is 12.1 Å². The molecule has 0 spiro atoms. The lowest BCUT2D eigenvalue weighted by atomic mass is 10.00. The summed E-state index contributed by atoms with van der Waals surface area (Å²) < 4.78 is 16.9. The molecule has 11 heteroatoms. The van der Waals surface area contributed by atoms with Gasteiger partial charge in [-0.05, 0) is 92.2 Å². The van der Waals surface area contributed by atoms with Gasteiger partial charge in [-0.1, -0.05) is 0 Å². The molecule has 4 atom stereocenters. The Kier molecular flexibility index (Phi) is 9.06. The van der Waals surface area contributed by atoms with Gasteiger partial charge in [0.1, 0.15) is 23.1 Å². The number of piperidine rings is 2. The van der Waals surface area contributed by atoms with Crippen LogP contribution in [-0.4, -0.2) is 79.6 Å². The van der Waals surface area contributed by atoms with Gasteiger partial charge < -0.3 is 29.1 Å². The lowest BCUT2D eigenvalue weighted by Crippen LogP contribution is -2.50. The Bertz CT molecular complexity index is 1070. The van der Waals surface area contributed by atoms with Crippen LogP contribution in [0.5, 0.6) is 5.75 Å². The summed E-state index contributed by atoms with van der Waals surface area (Å²) in [4.78, 5) is 38.4. The fraction of sp³-hybridized carbons (Fsp3) is 0.733. The molecule has 4 unspecified atom stereocenters. The Morgan fingerprint density at radius 2 is 1.17 bits per heavy atom. The van der Waals surface area contributed by atoms with E-state index in [2.05, 4.69) is 0 Å². The molecular formula is C30H45N3O8. The molecule has 228 valence electrons. The summed E-state index contributed by atoms with van der Waals surface area (Å²) in [7, 11) is 0. The number of benzene rings is 1. The van der Waals surface area contributed by atoms with Gasteiger partial charge in [0.25, 0.3) is 5.69 Å². The molecule has 4 aliphatic rings. The molecule has 1 N–H and O–H groups in total. The van der Waals surface area contributed by atoms with E-state index in [0.717, 1.165) is 38.5 Å². The molecule has 2 amide bonds. The van der Waals surface area contributed by atoms with Gasteiger partial charge in [0, 0.05) is 49.1 Å². The number of non-ortho nitro benzene ring substituents is 1. The predicted molar refractivity (Wildman–Crippen MR) is 152 cm³/mol. The lowest BCUT2D eigenvalue weighted by Gasteiger charge is -2.39. The number of carbonyl (C=O) groups is 2. The first-order valence-electron chi connectivity index (χ1n) is 14.7. The quantitative estimate of drug-likeness (QED) is 0.353. The maximum atomic E-state index is 12.4. The highest BCUT2D eigenvalue weighted by Gasteiger charge is 2.46. The van der Waals surface area contributed by atoms with Crippen molar-refractivity contribution in [2.24, 2.45) is 0 Å². The number of hydrogen-bond donors (Lipinski definition) is 1. The summed E-state index contributed by atoms with van der Waals surface area (Å²) in [5.41, 5.74) is -0.887. The molecule has 1 aromatic rings. The predicted octanol–water partition coefficient (Wildman–Crippen LogP) is 5.81. The third kappa shape index (κ3) is 8.02. The van der Waals surface area contributed by atoms with Gasteiger partial charge in [0.05, 0.1) is 11.0 Å². The van der Waals surface area contributed by atoms with Crippen molar-refractivity contribution in [2.75, 3.05) is 0 Å². The Morgan fingerprint density at radius 1 is 0.780 bits per heavy atom. The molecule has 4 heterocycles. The molecule has 0 saturated carbocycles. The second-order valence-corrected chi connectivity index (χ2v) is 13.6. The third-order valence-electron chi connectivity index (χ3n) is 7.96. The molecule has 0 radical (unpaired) electrons. The SMILES string of the molecule is CC(C)(C)OC(=O)N1C2CCC1CC(O)C2.CC(C)(C)OC(=O)N1C2CCC1CC(Oc1ccc([N+](=O)[O-])cc1)C2. The van der Waals surface area contributed by atoms with Crippen molar-refractivity contribution in [3.8, 4) is 5.75 Å². The number of carbonyl (C=O) groups excluding carboxylic acids is 2. The number of nitro benzene ring substituents is 1. The summed E-state index contributed by atoms with van der Waals surface area (Å²) in [6.07, 6.45) is 6.16. The highest BCUT2D eigenvalue weighted by atomic mass is 16.6. The number of amides is 2. The van der Waals surface area contributed by atoms with Crippen molar-refractivity contribution in [3.05, 3.63) is 34.4 Å². The van der Waals surface area contributed by atoms with Gasteiger partial charge in [-0.25, -0.2) is 9.59 Å². The van der Waals surface area contributed by atoms with Crippen LogP contribution < -0.4 is 4.74 Å². The van der Waals surface area contributed by atoms with Crippen LogP contribution in [0.3, 0.4) is 0 Å². The molecule has 11 nitrogen and oxygen atoms in total. The number of aliphatic hydroxyl groups excluding tert-OH is 1. The molecule has 0 aliphatic carbocycles. The van der Waals surface area contributed by atoms with Crippen LogP contribution in [0.2, 0.25) is 0 Å². The Hall–Kier alpha value is -3.08. The molecule has 5 rings (SSSR count). The van der Waals surface area contributed by atoms with Crippen LogP contribution in [-0.2, 0) is 9.47 Å². The monoisotopic (exact) mass is 575 g/mol. The molecule has 4 fully saturated rings. The van der Waals surface area contributed by atoms with Crippen molar-refractivity contribution >= 4 is 17.9 Å². The van der Waals surface area contributed by atoms with E-state index in [1.54, 1.807) is 12.1 Å². The minimum atomic E-state index is -0.497. The highest BCUT2D eigenvalue weighted by Crippen LogP contribution is 2.39. The van der Waals surface area contributed by atoms with E-state index in [1.807, 2.05) is 51.3 Å². The zero-order valence-corrected chi connectivity index (χ0v) is 25.1. The van der Waals surface area contributed by atoms with Crippen molar-refractivity contribution in [2.45, 2.75) is 140 Å². The molecular weight excluding hydrogens is 530 g/mol. The van der Waals surface area contributed by atoms with Gasteiger partial charge in [-0.3, -0.25) is 10.1 Å². The van der Waals surface area contributed by atoms with Crippen LogP contribution >= 0.6 is 0 Å². The van der Waals surface area contributed by atoms with Gasteiger partial charge >= 0.3 is 12.2 Å². The normalized spacial score (nSPS) is 28.9. The lowest BCUT2D eigenvalue weighted by molar-refractivity contribution is -0.384. The van der Waals surface area contributed by atoms with Crippen LogP contribution in [0, 0.1) is 10.1 Å². The van der Waals surface area contributed by atoms with Crippen LogP contribution in [0.25, 0.3) is 0 Å². The Labute approximate surface area is 242 Å². The van der Waals surface area contributed by atoms with Crippen molar-refractivity contribution in [1.29, 1.82) is 0 Å². The highest BCUT2D eigenvalue weighted by molar-refractivity contribution is 5.70. The minimum Gasteiger partial charge on any atom is -0.490 e. The van der Waals surface area contributed by atoms with Crippen molar-refractivity contribution in [1.82, 2.24) is 9.80 Å². The maximum Gasteiger partial charge on any atom is 0.410 e. The number of aliphatic hydroxyl groups is 1. The topological polar surface area (TPSA) is 132 Å². The average molecular weight is 576 g/mol. The summed E-state index contributed by atoms with van der Waals surface area (Å²) in [5, 5.41) is 20.4. The van der Waals surface area contributed by atoms with Crippen LogP contribution in [0.15, 0.2) is 24.3 Å². The van der Waals surface area contributed by atoms with E-state index < -0.39 is 16.1 Å². The van der Waals surface area contributed by atoms with Crippen molar-refractivity contribution < 1.29 is 33.8 Å². The summed E-state index contributed by atoms with van der Waals surface area (Å²) >= 11 is 0. The number of nitro groups is 1. The van der Waals surface area contributed by atoms with E-state index >= 15 is 0 Å². The van der Waals surface area contributed by atoms with E-state index in [4.69, 9.17) is 14.2 Å². The van der Waals surface area contributed by atoms with Crippen molar-refractivity contribution in [3.63, 3.8) is 0 Å². The first-order chi connectivity index (χ1) is 19.1. The summed E-state index contributed by atoms with van der Waals surface area (Å²) in [6, 6.07) is 6.78. The largest absolute Gasteiger partial charge is 0.490 e. The third-order valence-corrected chi connectivity index (χ3v) is 7.96. The Morgan fingerprint density at radius 3 is 1.54 bits per heavy atom. The standard InChI is InChI=1S/C18H24N2O5.C12H21NO3/c1-18(2,3)25-17(21)19-13-4-5-14(19)11-16(10-13)24-15-8-6-12(7-9-15)20(22)23;1-12(2,3)16-11(15)13-8-4-5-9(13)7-10(14)6-8/h6-9,13-14,16H,4-5,10-11H2,1-3H3;8-10,14H,4-7H2,1-3H3. The number of fused-ring (bicyclic) bond motifs is 4. The zero-order chi connectivity index (χ0) is 30.1.